The zero-order chi connectivity index (χ0) is 19.2. The minimum absolute atomic E-state index is 0.185. The van der Waals surface area contributed by atoms with Gasteiger partial charge in [-0.25, -0.2) is 8.42 Å². The van der Waals surface area contributed by atoms with E-state index in [0.29, 0.717) is 16.5 Å². The lowest BCUT2D eigenvalue weighted by Crippen LogP contribution is -1.96. The molecule has 0 unspecified atom stereocenters. The first-order chi connectivity index (χ1) is 12.8. The summed E-state index contributed by atoms with van der Waals surface area (Å²) in [5.74, 6) is 1.36. The van der Waals surface area contributed by atoms with E-state index in [-0.39, 0.29) is 11.7 Å². The van der Waals surface area contributed by atoms with Crippen LogP contribution in [0.25, 0.3) is 22.3 Å². The number of rotatable bonds is 3. The minimum Gasteiger partial charge on any atom is -0.454 e. The Labute approximate surface area is 163 Å². The second-order valence-corrected chi connectivity index (χ2v) is 8.93. The average Bonchev–Trinajstić information content (AvgIpc) is 3.10. The molecule has 4 nitrogen and oxygen atoms in total. The normalized spacial score (nSPS) is 13.0. The number of halogens is 1. The summed E-state index contributed by atoms with van der Waals surface area (Å²) in [6, 6.07) is 16.6. The molecule has 6 heteroatoms. The van der Waals surface area contributed by atoms with E-state index in [1.807, 2.05) is 37.3 Å². The molecule has 1 heterocycles. The fourth-order valence-corrected chi connectivity index (χ4v) is 3.86. The van der Waals surface area contributed by atoms with Gasteiger partial charge in [0.2, 0.25) is 6.79 Å². The van der Waals surface area contributed by atoms with Crippen LogP contribution in [0.5, 0.6) is 11.5 Å². The predicted molar refractivity (Wildman–Crippen MR) is 106 cm³/mol. The SMILES string of the molecule is Cc1cc(-c2cc3c(cc2-c2ccc(S(C)(=O)=O)cc2)OCO3)ccc1Cl. The summed E-state index contributed by atoms with van der Waals surface area (Å²) in [6.45, 7) is 2.14. The van der Waals surface area contributed by atoms with Crippen molar-refractivity contribution in [1.29, 1.82) is 0 Å². The Bertz CT molecular complexity index is 1140. The highest BCUT2D eigenvalue weighted by molar-refractivity contribution is 7.90. The topological polar surface area (TPSA) is 52.6 Å². The third-order valence-corrected chi connectivity index (χ3v) is 6.13. The summed E-state index contributed by atoms with van der Waals surface area (Å²) in [5.41, 5.74) is 4.76. The molecule has 1 aliphatic heterocycles. The molecule has 0 fully saturated rings. The van der Waals surface area contributed by atoms with Crippen LogP contribution in [0.15, 0.2) is 59.5 Å². The van der Waals surface area contributed by atoms with E-state index in [1.54, 1.807) is 24.3 Å². The van der Waals surface area contributed by atoms with Crippen LogP contribution in [0.2, 0.25) is 5.02 Å². The summed E-state index contributed by atoms with van der Waals surface area (Å²) < 4.78 is 34.6. The number of ether oxygens (including phenoxy) is 2. The van der Waals surface area contributed by atoms with Crippen LogP contribution in [-0.4, -0.2) is 21.5 Å². The average molecular weight is 401 g/mol. The summed E-state index contributed by atoms with van der Waals surface area (Å²) in [7, 11) is -3.24. The van der Waals surface area contributed by atoms with Gasteiger partial charge in [-0.05, 0) is 71.1 Å². The molecule has 0 bridgehead atoms. The molecule has 0 saturated heterocycles. The highest BCUT2D eigenvalue weighted by atomic mass is 35.5. The van der Waals surface area contributed by atoms with E-state index in [2.05, 4.69) is 0 Å². The number of hydrogen-bond donors (Lipinski definition) is 0. The van der Waals surface area contributed by atoms with Crippen molar-refractivity contribution in [1.82, 2.24) is 0 Å². The van der Waals surface area contributed by atoms with Gasteiger partial charge in [0.05, 0.1) is 4.90 Å². The van der Waals surface area contributed by atoms with Gasteiger partial charge in [0, 0.05) is 11.3 Å². The Morgan fingerprint density at radius 3 is 1.96 bits per heavy atom. The zero-order valence-electron chi connectivity index (χ0n) is 14.8. The van der Waals surface area contributed by atoms with Crippen molar-refractivity contribution in [2.45, 2.75) is 11.8 Å². The molecule has 138 valence electrons. The Morgan fingerprint density at radius 1 is 0.852 bits per heavy atom. The molecule has 3 aromatic carbocycles. The van der Waals surface area contributed by atoms with Gasteiger partial charge in [-0.3, -0.25) is 0 Å². The molecule has 0 saturated carbocycles. The minimum atomic E-state index is -3.24. The number of sulfone groups is 1. The van der Waals surface area contributed by atoms with Gasteiger partial charge in [-0.2, -0.15) is 0 Å². The molecule has 4 rings (SSSR count). The van der Waals surface area contributed by atoms with Gasteiger partial charge in [-0.1, -0.05) is 29.8 Å². The molecule has 0 spiro atoms. The molecule has 27 heavy (non-hydrogen) atoms. The van der Waals surface area contributed by atoms with Crippen LogP contribution in [0.4, 0.5) is 0 Å². The van der Waals surface area contributed by atoms with Gasteiger partial charge in [0.1, 0.15) is 0 Å². The predicted octanol–water partition coefficient (Wildman–Crippen LogP) is 5.11. The molecule has 0 aliphatic carbocycles. The van der Waals surface area contributed by atoms with Crippen LogP contribution in [0, 0.1) is 6.92 Å². The summed E-state index contributed by atoms with van der Waals surface area (Å²) in [5, 5.41) is 0.707. The molecule has 1 aliphatic rings. The second kappa shape index (κ2) is 6.59. The Balaban J connectivity index is 1.90. The highest BCUT2D eigenvalue weighted by Gasteiger charge is 2.20. The van der Waals surface area contributed by atoms with Crippen molar-refractivity contribution in [3.8, 4) is 33.8 Å². The molecule has 0 radical (unpaired) electrons. The zero-order valence-corrected chi connectivity index (χ0v) is 16.4. The maximum atomic E-state index is 11.7. The summed E-state index contributed by atoms with van der Waals surface area (Å²) >= 11 is 6.18. The van der Waals surface area contributed by atoms with Crippen molar-refractivity contribution in [3.63, 3.8) is 0 Å². The van der Waals surface area contributed by atoms with Crippen molar-refractivity contribution in [2.24, 2.45) is 0 Å². The van der Waals surface area contributed by atoms with Gasteiger partial charge in [0.25, 0.3) is 0 Å². The smallest absolute Gasteiger partial charge is 0.231 e. The lowest BCUT2D eigenvalue weighted by atomic mass is 9.93. The van der Waals surface area contributed by atoms with Gasteiger partial charge < -0.3 is 9.47 Å². The van der Waals surface area contributed by atoms with Crippen LogP contribution in [0.1, 0.15) is 5.56 Å². The third kappa shape index (κ3) is 3.40. The summed E-state index contributed by atoms with van der Waals surface area (Å²) in [4.78, 5) is 0.288. The quantitative estimate of drug-likeness (QED) is 0.612. The van der Waals surface area contributed by atoms with E-state index in [0.717, 1.165) is 27.8 Å². The fraction of sp³-hybridized carbons (Fsp3) is 0.143. The largest absolute Gasteiger partial charge is 0.454 e. The lowest BCUT2D eigenvalue weighted by Gasteiger charge is -2.13. The Hall–Kier alpha value is -2.50. The lowest BCUT2D eigenvalue weighted by molar-refractivity contribution is 0.174. The van der Waals surface area contributed by atoms with E-state index in [1.165, 1.54) is 6.26 Å². The first-order valence-electron chi connectivity index (χ1n) is 8.33. The van der Waals surface area contributed by atoms with Gasteiger partial charge >= 0.3 is 0 Å². The van der Waals surface area contributed by atoms with Crippen LogP contribution < -0.4 is 9.47 Å². The molecular weight excluding hydrogens is 384 g/mol. The molecule has 0 amide bonds. The third-order valence-electron chi connectivity index (χ3n) is 4.58. The van der Waals surface area contributed by atoms with E-state index in [9.17, 15) is 8.42 Å². The first kappa shape index (κ1) is 17.9. The molecule has 0 aromatic heterocycles. The molecule has 0 atom stereocenters. The Kier molecular flexibility index (Phi) is 4.36. The van der Waals surface area contributed by atoms with Gasteiger partial charge in [0.15, 0.2) is 21.3 Å². The molecule has 0 N–H and O–H groups in total. The molecule has 3 aromatic rings. The number of benzene rings is 3. The second-order valence-electron chi connectivity index (χ2n) is 6.51. The number of fused-ring (bicyclic) bond motifs is 1. The van der Waals surface area contributed by atoms with E-state index < -0.39 is 9.84 Å². The van der Waals surface area contributed by atoms with Crippen molar-refractivity contribution in [3.05, 3.63) is 65.2 Å². The standard InChI is InChI=1S/C21H17ClO4S/c1-13-9-15(5-8-19(13)22)18-11-21-20(25-12-26-21)10-17(18)14-3-6-16(7-4-14)27(2,23)24/h3-11H,12H2,1-2H3. The first-order valence-corrected chi connectivity index (χ1v) is 10.6. The van der Waals surface area contributed by atoms with Gasteiger partial charge in [-0.15, -0.1) is 0 Å². The fourth-order valence-electron chi connectivity index (χ4n) is 3.11. The van der Waals surface area contributed by atoms with Crippen LogP contribution in [-0.2, 0) is 9.84 Å². The maximum absolute atomic E-state index is 11.7. The van der Waals surface area contributed by atoms with Crippen molar-refractivity contribution in [2.75, 3.05) is 13.0 Å². The monoisotopic (exact) mass is 400 g/mol. The number of hydrogen-bond acceptors (Lipinski definition) is 4. The molecular formula is C21H17ClO4S. The van der Waals surface area contributed by atoms with Crippen LogP contribution >= 0.6 is 11.6 Å². The Morgan fingerprint density at radius 2 is 1.41 bits per heavy atom. The maximum Gasteiger partial charge on any atom is 0.231 e. The van der Waals surface area contributed by atoms with Crippen molar-refractivity contribution < 1.29 is 17.9 Å². The van der Waals surface area contributed by atoms with E-state index >= 15 is 0 Å². The van der Waals surface area contributed by atoms with Crippen LogP contribution in [0.3, 0.4) is 0 Å². The highest BCUT2D eigenvalue weighted by Crippen LogP contribution is 2.43. The van der Waals surface area contributed by atoms with E-state index in [4.69, 9.17) is 21.1 Å². The van der Waals surface area contributed by atoms with Crippen molar-refractivity contribution >= 4 is 21.4 Å². The number of aryl methyl sites for hydroxylation is 1. The summed E-state index contributed by atoms with van der Waals surface area (Å²) in [6.07, 6.45) is 1.20.